The maximum atomic E-state index is 11.6. The first kappa shape index (κ1) is 14.2. The van der Waals surface area contributed by atoms with Gasteiger partial charge in [-0.1, -0.05) is 17.7 Å². The average Bonchev–Trinajstić information content (AvgIpc) is 2.85. The van der Waals surface area contributed by atoms with E-state index in [9.17, 15) is 4.79 Å². The Morgan fingerprint density at radius 3 is 3.05 bits per heavy atom. The molecule has 2 N–H and O–H groups in total. The maximum absolute atomic E-state index is 11.6. The number of H-pyrrole nitrogens is 1. The van der Waals surface area contributed by atoms with Crippen LogP contribution in [-0.4, -0.2) is 24.6 Å². The van der Waals surface area contributed by atoms with E-state index >= 15 is 0 Å². The Kier molecular flexibility index (Phi) is 3.74. The number of esters is 1. The van der Waals surface area contributed by atoms with Gasteiger partial charge < -0.3 is 15.0 Å². The van der Waals surface area contributed by atoms with E-state index in [4.69, 9.17) is 16.3 Å². The lowest BCUT2D eigenvalue weighted by molar-refractivity contribution is -0.136. The highest BCUT2D eigenvalue weighted by Crippen LogP contribution is 2.32. The molecule has 2 aromatic rings. The molecule has 0 aliphatic carbocycles. The lowest BCUT2D eigenvalue weighted by Crippen LogP contribution is -2.29. The minimum absolute atomic E-state index is 0.0148. The Hall–Kier alpha value is -1.78. The van der Waals surface area contributed by atoms with Gasteiger partial charge in [-0.05, 0) is 37.1 Å². The molecule has 2 heterocycles. The van der Waals surface area contributed by atoms with Crippen LogP contribution < -0.4 is 5.32 Å². The number of carbonyl (C=O) groups excluding carboxylic acids is 1. The van der Waals surface area contributed by atoms with Gasteiger partial charge in [0.2, 0.25) is 0 Å². The number of fused-ring (bicyclic) bond motifs is 3. The molecule has 110 valence electrons. The van der Waals surface area contributed by atoms with E-state index in [1.807, 2.05) is 24.3 Å². The predicted molar refractivity (Wildman–Crippen MR) is 83.5 cm³/mol. The Bertz CT molecular complexity index is 733. The summed E-state index contributed by atoms with van der Waals surface area (Å²) in [6.45, 7) is 2.63. The Morgan fingerprint density at radius 2 is 2.29 bits per heavy atom. The summed E-state index contributed by atoms with van der Waals surface area (Å²) in [4.78, 5) is 15.0. The molecule has 3 rings (SSSR count). The lowest BCUT2D eigenvalue weighted by Gasteiger charge is -2.22. The zero-order valence-electron chi connectivity index (χ0n) is 12.0. The molecule has 4 nitrogen and oxygen atoms in total. The van der Waals surface area contributed by atoms with Crippen LogP contribution in [0.1, 0.15) is 24.2 Å². The summed E-state index contributed by atoms with van der Waals surface area (Å²) in [5.41, 5.74) is 4.04. The molecule has 1 aromatic carbocycles. The molecule has 1 unspecified atom stereocenters. The summed E-state index contributed by atoms with van der Waals surface area (Å²) < 4.78 is 4.75. The summed E-state index contributed by atoms with van der Waals surface area (Å²) in [6, 6.07) is 5.85. The van der Waals surface area contributed by atoms with E-state index in [1.54, 1.807) is 6.92 Å². The third-order valence-corrected chi connectivity index (χ3v) is 4.11. The van der Waals surface area contributed by atoms with Gasteiger partial charge in [-0.2, -0.15) is 0 Å². The fourth-order valence-corrected chi connectivity index (χ4v) is 3.02. The Labute approximate surface area is 128 Å². The number of nitrogens with one attached hydrogen (secondary N) is 2. The van der Waals surface area contributed by atoms with Crippen LogP contribution >= 0.6 is 11.6 Å². The number of halogens is 1. The number of rotatable bonds is 2. The van der Waals surface area contributed by atoms with Crippen LogP contribution in [0.25, 0.3) is 10.9 Å². The molecular formula is C16H17ClN2O2. The van der Waals surface area contributed by atoms with Crippen molar-refractivity contribution in [3.05, 3.63) is 46.1 Å². The molecule has 0 spiro atoms. The third-order valence-electron chi connectivity index (χ3n) is 3.88. The number of ether oxygens (including phenoxy) is 1. The van der Waals surface area contributed by atoms with Crippen molar-refractivity contribution in [1.29, 1.82) is 0 Å². The van der Waals surface area contributed by atoms with Gasteiger partial charge in [0.15, 0.2) is 0 Å². The number of aromatic nitrogens is 1. The van der Waals surface area contributed by atoms with Crippen molar-refractivity contribution in [2.75, 3.05) is 13.7 Å². The molecule has 1 aliphatic heterocycles. The molecule has 0 radical (unpaired) electrons. The number of hydrogen-bond donors (Lipinski definition) is 2. The number of aromatic amines is 1. The van der Waals surface area contributed by atoms with Gasteiger partial charge in [-0.25, -0.2) is 4.79 Å². The van der Waals surface area contributed by atoms with Gasteiger partial charge in [0, 0.05) is 33.7 Å². The number of benzene rings is 1. The molecule has 1 aliphatic rings. The average molecular weight is 305 g/mol. The molecular weight excluding hydrogens is 288 g/mol. The number of hydrogen-bond acceptors (Lipinski definition) is 3. The minimum Gasteiger partial charge on any atom is -0.466 e. The van der Waals surface area contributed by atoms with E-state index in [-0.39, 0.29) is 12.0 Å². The second-order valence-electron chi connectivity index (χ2n) is 5.23. The number of carbonyl (C=O) groups is 1. The van der Waals surface area contributed by atoms with Gasteiger partial charge in [0.1, 0.15) is 0 Å². The Morgan fingerprint density at radius 1 is 1.48 bits per heavy atom. The number of methoxy groups -OCH3 is 1. The van der Waals surface area contributed by atoms with Gasteiger partial charge in [-0.15, -0.1) is 0 Å². The van der Waals surface area contributed by atoms with Crippen molar-refractivity contribution < 1.29 is 9.53 Å². The molecule has 1 aromatic heterocycles. The first-order chi connectivity index (χ1) is 10.1. The molecule has 0 fully saturated rings. The zero-order valence-corrected chi connectivity index (χ0v) is 12.8. The standard InChI is InChI=1S/C16H17ClN2O2/c1-9(16(20)21-2)7-14-15-11(5-6-18-14)12-8-10(17)3-4-13(12)19-15/h3-4,7-8,14,18-19H,5-6H2,1-2H3/b9-7+. The lowest BCUT2D eigenvalue weighted by atomic mass is 9.98. The quantitative estimate of drug-likeness (QED) is 0.662. The van der Waals surface area contributed by atoms with Crippen LogP contribution in [0, 0.1) is 0 Å². The van der Waals surface area contributed by atoms with Crippen LogP contribution in [-0.2, 0) is 16.0 Å². The van der Waals surface area contributed by atoms with Crippen LogP contribution in [0.3, 0.4) is 0 Å². The molecule has 21 heavy (non-hydrogen) atoms. The highest BCUT2D eigenvalue weighted by molar-refractivity contribution is 6.31. The maximum Gasteiger partial charge on any atom is 0.333 e. The second kappa shape index (κ2) is 5.54. The van der Waals surface area contributed by atoms with Crippen LogP contribution in [0.5, 0.6) is 0 Å². The topological polar surface area (TPSA) is 54.1 Å². The summed E-state index contributed by atoms with van der Waals surface area (Å²) in [5, 5.41) is 5.31. The van der Waals surface area contributed by atoms with Crippen LogP contribution in [0.2, 0.25) is 5.02 Å². The van der Waals surface area contributed by atoms with Crippen molar-refractivity contribution in [3.63, 3.8) is 0 Å². The monoisotopic (exact) mass is 304 g/mol. The zero-order chi connectivity index (χ0) is 15.0. The van der Waals surface area contributed by atoms with Gasteiger partial charge in [0.05, 0.1) is 13.2 Å². The van der Waals surface area contributed by atoms with E-state index in [2.05, 4.69) is 10.3 Å². The molecule has 0 saturated carbocycles. The predicted octanol–water partition coefficient (Wildman–Crippen LogP) is 3.13. The molecule has 0 saturated heterocycles. The van der Waals surface area contributed by atoms with E-state index in [1.165, 1.54) is 12.7 Å². The SMILES string of the molecule is COC(=O)/C(C)=C/C1NCCc2c1[nH]c1ccc(Cl)cc21. The highest BCUT2D eigenvalue weighted by Gasteiger charge is 2.23. The molecule has 1 atom stereocenters. The van der Waals surface area contributed by atoms with Crippen molar-refractivity contribution in [1.82, 2.24) is 10.3 Å². The van der Waals surface area contributed by atoms with Crippen molar-refractivity contribution in [3.8, 4) is 0 Å². The summed E-state index contributed by atoms with van der Waals surface area (Å²) in [6.07, 6.45) is 2.85. The first-order valence-electron chi connectivity index (χ1n) is 6.90. The van der Waals surface area contributed by atoms with E-state index in [0.717, 1.165) is 34.6 Å². The van der Waals surface area contributed by atoms with Crippen LogP contribution in [0.4, 0.5) is 0 Å². The van der Waals surface area contributed by atoms with Gasteiger partial charge >= 0.3 is 5.97 Å². The smallest absolute Gasteiger partial charge is 0.333 e. The highest BCUT2D eigenvalue weighted by atomic mass is 35.5. The summed E-state index contributed by atoms with van der Waals surface area (Å²) in [5.74, 6) is -0.303. The van der Waals surface area contributed by atoms with E-state index < -0.39 is 0 Å². The Balaban J connectivity index is 2.06. The molecule has 0 amide bonds. The first-order valence-corrected chi connectivity index (χ1v) is 7.28. The van der Waals surface area contributed by atoms with Crippen molar-refractivity contribution in [2.45, 2.75) is 19.4 Å². The van der Waals surface area contributed by atoms with Crippen molar-refractivity contribution >= 4 is 28.5 Å². The summed E-state index contributed by atoms with van der Waals surface area (Å²) in [7, 11) is 1.39. The largest absolute Gasteiger partial charge is 0.466 e. The van der Waals surface area contributed by atoms with Gasteiger partial charge in [-0.3, -0.25) is 0 Å². The fraction of sp³-hybridized carbons (Fsp3) is 0.312. The fourth-order valence-electron chi connectivity index (χ4n) is 2.85. The third kappa shape index (κ3) is 2.57. The van der Waals surface area contributed by atoms with Crippen LogP contribution in [0.15, 0.2) is 29.8 Å². The normalized spacial score (nSPS) is 18.6. The summed E-state index contributed by atoms with van der Waals surface area (Å²) >= 11 is 6.10. The molecule has 5 heteroatoms. The van der Waals surface area contributed by atoms with Crippen molar-refractivity contribution in [2.24, 2.45) is 0 Å². The van der Waals surface area contributed by atoms with E-state index in [0.29, 0.717) is 5.57 Å². The second-order valence-corrected chi connectivity index (χ2v) is 5.67. The van der Waals surface area contributed by atoms with Gasteiger partial charge in [0.25, 0.3) is 0 Å². The molecule has 0 bridgehead atoms. The minimum atomic E-state index is -0.303.